The number of para-hydroxylation sites is 2. The maximum absolute atomic E-state index is 13.4. The number of aliphatic hydroxyl groups excluding tert-OH is 2. The number of likely N-dealkylation sites (tertiary alicyclic amines) is 1. The van der Waals surface area contributed by atoms with Crippen molar-refractivity contribution in [3.63, 3.8) is 0 Å². The molecule has 1 aliphatic carbocycles. The number of aromatic nitrogens is 2. The van der Waals surface area contributed by atoms with E-state index in [2.05, 4.69) is 27.4 Å². The number of rotatable bonds is 6. The molecule has 1 aromatic carbocycles. The first-order chi connectivity index (χ1) is 15.2. The highest BCUT2D eigenvalue weighted by Gasteiger charge is 2.27. The molecule has 1 aromatic heterocycles. The van der Waals surface area contributed by atoms with Crippen LogP contribution in [0.3, 0.4) is 0 Å². The van der Waals surface area contributed by atoms with Gasteiger partial charge in [-0.15, -0.1) is 0 Å². The highest BCUT2D eigenvalue weighted by Crippen LogP contribution is 2.28. The number of hydrogen-bond donors (Lipinski definition) is 3. The maximum Gasteiger partial charge on any atom is 0.294 e. The third kappa shape index (κ3) is 5.00. The summed E-state index contributed by atoms with van der Waals surface area (Å²) in [6.45, 7) is 1.42. The van der Waals surface area contributed by atoms with Gasteiger partial charge in [0, 0.05) is 25.2 Å². The fraction of sp³-hybridized carbons (Fsp3) is 0.583. The van der Waals surface area contributed by atoms with Crippen molar-refractivity contribution in [3.05, 3.63) is 46.8 Å². The number of allylic oxidation sites excluding steroid dienone is 1. The predicted octanol–water partition coefficient (Wildman–Crippen LogP) is 2.69. The Kier molecular flexibility index (Phi) is 7.37. The molecule has 1 fully saturated rings. The summed E-state index contributed by atoms with van der Waals surface area (Å²) in [6, 6.07) is 7.71. The van der Waals surface area contributed by atoms with Crippen LogP contribution in [0.5, 0.6) is 0 Å². The molecule has 4 rings (SSSR count). The van der Waals surface area contributed by atoms with E-state index in [1.165, 1.54) is 32.1 Å². The lowest BCUT2D eigenvalue weighted by Crippen LogP contribution is -2.43. The van der Waals surface area contributed by atoms with E-state index in [1.807, 2.05) is 28.8 Å². The van der Waals surface area contributed by atoms with Crippen molar-refractivity contribution in [2.75, 3.05) is 31.6 Å². The quantitative estimate of drug-likeness (QED) is 0.616. The van der Waals surface area contributed by atoms with Crippen LogP contribution in [0.1, 0.15) is 51.0 Å². The number of nitrogens with one attached hydrogen (secondary N) is 1. The number of fused-ring (bicyclic) bond motifs is 1. The van der Waals surface area contributed by atoms with Gasteiger partial charge in [0.25, 0.3) is 5.56 Å². The molecule has 0 bridgehead atoms. The molecule has 2 heterocycles. The topological polar surface area (TPSA) is 90.6 Å². The molecule has 3 N–H and O–H groups in total. The normalized spacial score (nSPS) is 22.4. The summed E-state index contributed by atoms with van der Waals surface area (Å²) in [5.74, 6) is 0.192. The molecule has 1 unspecified atom stereocenters. The van der Waals surface area contributed by atoms with Crippen LogP contribution in [0.15, 0.2) is 41.2 Å². The van der Waals surface area contributed by atoms with Gasteiger partial charge in [0.15, 0.2) is 5.82 Å². The Bertz CT molecular complexity index is 945. The van der Waals surface area contributed by atoms with Crippen molar-refractivity contribution < 1.29 is 10.2 Å². The van der Waals surface area contributed by atoms with E-state index in [0.29, 0.717) is 6.04 Å². The van der Waals surface area contributed by atoms with Crippen molar-refractivity contribution in [1.82, 2.24) is 14.5 Å². The van der Waals surface area contributed by atoms with Gasteiger partial charge in [0.05, 0.1) is 30.3 Å². The monoisotopic (exact) mass is 426 g/mol. The van der Waals surface area contributed by atoms with Crippen molar-refractivity contribution in [3.8, 4) is 0 Å². The highest BCUT2D eigenvalue weighted by atomic mass is 16.3. The molecule has 7 nitrogen and oxygen atoms in total. The minimum Gasteiger partial charge on any atom is -0.394 e. The summed E-state index contributed by atoms with van der Waals surface area (Å²) in [4.78, 5) is 20.4. The second-order valence-corrected chi connectivity index (χ2v) is 8.73. The summed E-state index contributed by atoms with van der Waals surface area (Å²) < 4.78 is 1.88. The van der Waals surface area contributed by atoms with E-state index in [0.717, 1.165) is 37.0 Å². The third-order valence-corrected chi connectivity index (χ3v) is 6.64. The highest BCUT2D eigenvalue weighted by molar-refractivity contribution is 5.76. The third-order valence-electron chi connectivity index (χ3n) is 6.64. The average molecular weight is 427 g/mol. The van der Waals surface area contributed by atoms with Crippen LogP contribution in [0.25, 0.3) is 11.0 Å². The van der Waals surface area contributed by atoms with Gasteiger partial charge in [0.2, 0.25) is 0 Å². The number of hydrogen-bond acceptors (Lipinski definition) is 6. The Hall–Kier alpha value is -2.22. The average Bonchev–Trinajstić information content (AvgIpc) is 2.78. The molecule has 7 heteroatoms. The Labute approximate surface area is 183 Å². The van der Waals surface area contributed by atoms with E-state index in [-0.39, 0.29) is 30.6 Å². The van der Waals surface area contributed by atoms with Gasteiger partial charge in [0.1, 0.15) is 0 Å². The van der Waals surface area contributed by atoms with Crippen molar-refractivity contribution in [1.29, 1.82) is 0 Å². The Balaban J connectivity index is 1.58. The second kappa shape index (κ2) is 10.4. The van der Waals surface area contributed by atoms with Gasteiger partial charge in [-0.25, -0.2) is 4.98 Å². The van der Waals surface area contributed by atoms with Crippen LogP contribution in [0, 0.1) is 0 Å². The van der Waals surface area contributed by atoms with Crippen LogP contribution >= 0.6 is 0 Å². The molecular formula is C24H34N4O3. The van der Waals surface area contributed by atoms with Gasteiger partial charge in [-0.2, -0.15) is 0 Å². The molecule has 0 spiro atoms. The van der Waals surface area contributed by atoms with Crippen LogP contribution in [-0.2, 0) is 0 Å². The van der Waals surface area contributed by atoms with Crippen molar-refractivity contribution >= 4 is 16.9 Å². The molecule has 0 radical (unpaired) electrons. The molecular weight excluding hydrogens is 392 g/mol. The zero-order valence-corrected chi connectivity index (χ0v) is 18.1. The molecule has 0 saturated carbocycles. The van der Waals surface area contributed by atoms with Crippen molar-refractivity contribution in [2.45, 2.75) is 63.1 Å². The fourth-order valence-corrected chi connectivity index (χ4v) is 4.88. The van der Waals surface area contributed by atoms with Crippen LogP contribution in [0.4, 0.5) is 5.82 Å². The first kappa shape index (κ1) is 22.0. The summed E-state index contributed by atoms with van der Waals surface area (Å²) in [5.41, 5.74) is 1.39. The predicted molar refractivity (Wildman–Crippen MR) is 123 cm³/mol. The van der Waals surface area contributed by atoms with Gasteiger partial charge in [-0.05, 0) is 44.2 Å². The summed E-state index contributed by atoms with van der Waals surface area (Å²) in [5, 5.41) is 21.8. The lowest BCUT2D eigenvalue weighted by atomic mass is 9.97. The molecule has 0 amide bonds. The number of piperidine rings is 1. The molecule has 2 aromatic rings. The summed E-state index contributed by atoms with van der Waals surface area (Å²) in [7, 11) is 0. The first-order valence-corrected chi connectivity index (χ1v) is 11.6. The van der Waals surface area contributed by atoms with Gasteiger partial charge >= 0.3 is 0 Å². The zero-order chi connectivity index (χ0) is 21.6. The number of aliphatic hydroxyl groups is 2. The van der Waals surface area contributed by atoms with Crippen LogP contribution in [-0.4, -0.2) is 63.1 Å². The Morgan fingerprint density at radius 2 is 1.84 bits per heavy atom. The summed E-state index contributed by atoms with van der Waals surface area (Å²) >= 11 is 0. The van der Waals surface area contributed by atoms with E-state index in [9.17, 15) is 15.0 Å². The van der Waals surface area contributed by atoms with E-state index >= 15 is 0 Å². The second-order valence-electron chi connectivity index (χ2n) is 8.73. The van der Waals surface area contributed by atoms with E-state index in [4.69, 9.17) is 0 Å². The fourth-order valence-electron chi connectivity index (χ4n) is 4.88. The molecule has 31 heavy (non-hydrogen) atoms. The van der Waals surface area contributed by atoms with Crippen molar-refractivity contribution in [2.24, 2.45) is 0 Å². The standard InChI is InChI=1S/C24H34N4O3/c29-16-18(17-30)25-23-24(31)28(22-11-7-6-10-21(22)26-23)20-12-14-27(15-13-20)19-8-4-2-1-3-5-9-19/h4,6-8,10-11,18-20,29-30H,1-3,5,9,12-17H2,(H,25,26)/b8-4-. The SMILES string of the molecule is O=c1c(NC(CO)CO)nc2ccccc2n1C1CCN(C2/C=C\CCCCC2)CC1. The van der Waals surface area contributed by atoms with Gasteiger partial charge < -0.3 is 20.1 Å². The Morgan fingerprint density at radius 1 is 1.06 bits per heavy atom. The number of benzene rings is 1. The Morgan fingerprint density at radius 3 is 2.61 bits per heavy atom. The minimum absolute atomic E-state index is 0.108. The molecule has 2 aliphatic rings. The molecule has 168 valence electrons. The largest absolute Gasteiger partial charge is 0.394 e. The van der Waals surface area contributed by atoms with Gasteiger partial charge in [-0.1, -0.05) is 37.1 Å². The molecule has 1 aliphatic heterocycles. The maximum atomic E-state index is 13.4. The lowest BCUT2D eigenvalue weighted by molar-refractivity contribution is 0.149. The molecule has 1 atom stereocenters. The van der Waals surface area contributed by atoms with Crippen LogP contribution in [0.2, 0.25) is 0 Å². The molecule has 1 saturated heterocycles. The number of nitrogens with zero attached hydrogens (tertiary/aromatic N) is 3. The smallest absolute Gasteiger partial charge is 0.294 e. The first-order valence-electron chi connectivity index (χ1n) is 11.6. The van der Waals surface area contributed by atoms with Crippen LogP contribution < -0.4 is 10.9 Å². The van der Waals surface area contributed by atoms with Gasteiger partial charge in [-0.3, -0.25) is 9.69 Å². The van der Waals surface area contributed by atoms with E-state index < -0.39 is 6.04 Å². The zero-order valence-electron chi connectivity index (χ0n) is 18.1. The minimum atomic E-state index is -0.609. The lowest BCUT2D eigenvalue weighted by Gasteiger charge is -2.38. The number of anilines is 1. The summed E-state index contributed by atoms with van der Waals surface area (Å²) in [6.07, 6.45) is 12.9. The van der Waals surface area contributed by atoms with E-state index in [1.54, 1.807) is 0 Å².